The van der Waals surface area contributed by atoms with Crippen LogP contribution in [-0.2, 0) is 9.53 Å². The van der Waals surface area contributed by atoms with Crippen LogP contribution in [0.4, 0.5) is 16.2 Å². The number of piperidine rings is 1. The van der Waals surface area contributed by atoms with Gasteiger partial charge in [0.1, 0.15) is 23.5 Å². The minimum atomic E-state index is -0.621. The molecule has 0 bridgehead atoms. The summed E-state index contributed by atoms with van der Waals surface area (Å²) < 4.78 is 11.7. The zero-order valence-corrected chi connectivity index (χ0v) is 22.4. The Labute approximate surface area is 222 Å². The summed E-state index contributed by atoms with van der Waals surface area (Å²) in [5, 5.41) is 4.04. The van der Waals surface area contributed by atoms with Gasteiger partial charge in [-0.25, -0.2) is 4.79 Å². The Morgan fingerprint density at radius 3 is 2.44 bits per heavy atom. The van der Waals surface area contributed by atoms with E-state index >= 15 is 0 Å². The summed E-state index contributed by atoms with van der Waals surface area (Å²) in [6, 6.07) is 12.4. The van der Waals surface area contributed by atoms with Crippen molar-refractivity contribution in [3.63, 3.8) is 0 Å². The van der Waals surface area contributed by atoms with Gasteiger partial charge in [-0.3, -0.25) is 9.69 Å². The quantitative estimate of drug-likeness (QED) is 0.482. The molecule has 2 aliphatic rings. The van der Waals surface area contributed by atoms with Crippen molar-refractivity contribution in [2.75, 3.05) is 29.9 Å². The summed E-state index contributed by atoms with van der Waals surface area (Å²) in [6.07, 6.45) is 2.72. The van der Waals surface area contributed by atoms with Crippen molar-refractivity contribution in [1.29, 1.82) is 0 Å². The highest BCUT2D eigenvalue weighted by Gasteiger charge is 2.35. The molecule has 0 unspecified atom stereocenters. The Balaban J connectivity index is 1.35. The van der Waals surface area contributed by atoms with Gasteiger partial charge in [-0.05, 0) is 82.5 Å². The molecule has 0 spiro atoms. The summed E-state index contributed by atoms with van der Waals surface area (Å²) in [6.45, 7) is 7.57. The highest BCUT2D eigenvalue weighted by Crippen LogP contribution is 2.32. The molecule has 36 heavy (non-hydrogen) atoms. The highest BCUT2D eigenvalue weighted by molar-refractivity contribution is 6.32. The van der Waals surface area contributed by atoms with Gasteiger partial charge in [0, 0.05) is 35.9 Å². The predicted molar refractivity (Wildman–Crippen MR) is 143 cm³/mol. The normalized spacial score (nSPS) is 20.2. The van der Waals surface area contributed by atoms with E-state index in [1.54, 1.807) is 18.2 Å². The Kier molecular flexibility index (Phi) is 8.20. The molecule has 0 radical (unpaired) electrons. The van der Waals surface area contributed by atoms with Gasteiger partial charge in [0.15, 0.2) is 0 Å². The van der Waals surface area contributed by atoms with Gasteiger partial charge in [-0.2, -0.15) is 0 Å². The number of ether oxygens (including phenoxy) is 2. The van der Waals surface area contributed by atoms with Crippen LogP contribution in [0.5, 0.6) is 5.75 Å². The molecule has 2 saturated heterocycles. The SMILES string of the molecule is CC(C)(C)OC(=O)N1CCCC[C@@H]1C(=O)Nc1ccc(O[C@H]2CCN(c3ccc(Cl)cc3)C2)c(Cl)c1. The number of halogens is 2. The molecule has 0 aromatic heterocycles. The van der Waals surface area contributed by atoms with E-state index in [0.29, 0.717) is 34.4 Å². The van der Waals surface area contributed by atoms with Crippen molar-refractivity contribution in [2.24, 2.45) is 0 Å². The molecule has 2 aliphatic heterocycles. The number of hydrogen-bond acceptors (Lipinski definition) is 5. The number of carbonyl (C=O) groups excluding carboxylic acids is 2. The van der Waals surface area contributed by atoms with E-state index in [-0.39, 0.29) is 12.0 Å². The van der Waals surface area contributed by atoms with Crippen molar-refractivity contribution in [3.05, 3.63) is 52.5 Å². The molecule has 9 heteroatoms. The monoisotopic (exact) mass is 533 g/mol. The van der Waals surface area contributed by atoms with Crippen LogP contribution < -0.4 is 15.0 Å². The van der Waals surface area contributed by atoms with Gasteiger partial charge < -0.3 is 19.7 Å². The van der Waals surface area contributed by atoms with Crippen LogP contribution in [0.15, 0.2) is 42.5 Å². The number of anilines is 2. The zero-order valence-electron chi connectivity index (χ0n) is 20.9. The van der Waals surface area contributed by atoms with E-state index in [4.69, 9.17) is 32.7 Å². The lowest BCUT2D eigenvalue weighted by Crippen LogP contribution is -2.51. The molecule has 2 fully saturated rings. The Hall–Kier alpha value is -2.64. The third-order valence-electron chi connectivity index (χ3n) is 6.26. The standard InChI is InChI=1S/C27H33Cl2N3O4/c1-27(2,3)36-26(34)32-14-5-4-6-23(32)25(33)30-19-9-12-24(22(29)16-19)35-21-13-15-31(17-21)20-10-7-18(28)8-11-20/h7-12,16,21,23H,4-6,13-15,17H2,1-3H3,(H,30,33)/t21-,23+/m0/s1. The lowest BCUT2D eigenvalue weighted by molar-refractivity contribution is -0.122. The second-order valence-corrected chi connectivity index (χ2v) is 11.1. The number of likely N-dealkylation sites (tertiary alicyclic amines) is 1. The largest absolute Gasteiger partial charge is 0.487 e. The summed E-state index contributed by atoms with van der Waals surface area (Å²) in [7, 11) is 0. The molecule has 2 heterocycles. The second kappa shape index (κ2) is 11.2. The first-order chi connectivity index (χ1) is 17.1. The molecule has 4 rings (SSSR count). The predicted octanol–water partition coefficient (Wildman–Crippen LogP) is 6.38. The van der Waals surface area contributed by atoms with Crippen LogP contribution >= 0.6 is 23.2 Å². The number of carbonyl (C=O) groups is 2. The molecule has 194 valence electrons. The average Bonchev–Trinajstić information content (AvgIpc) is 3.29. The minimum absolute atomic E-state index is 0.00300. The topological polar surface area (TPSA) is 71.1 Å². The fraction of sp³-hybridized carbons (Fsp3) is 0.481. The van der Waals surface area contributed by atoms with E-state index < -0.39 is 17.7 Å². The summed E-state index contributed by atoms with van der Waals surface area (Å²) >= 11 is 12.5. The maximum atomic E-state index is 13.1. The van der Waals surface area contributed by atoms with Crippen LogP contribution in [-0.4, -0.2) is 54.3 Å². The first kappa shape index (κ1) is 26.4. The Bertz CT molecular complexity index is 1090. The fourth-order valence-electron chi connectivity index (χ4n) is 4.53. The number of rotatable bonds is 5. The number of nitrogens with zero attached hydrogens (tertiary/aromatic N) is 2. The van der Waals surface area contributed by atoms with Gasteiger partial charge in [-0.15, -0.1) is 0 Å². The molecule has 2 aromatic rings. The van der Waals surface area contributed by atoms with Gasteiger partial charge in [0.2, 0.25) is 5.91 Å². The third-order valence-corrected chi connectivity index (χ3v) is 6.81. The van der Waals surface area contributed by atoms with E-state index in [1.165, 1.54) is 4.90 Å². The fourth-order valence-corrected chi connectivity index (χ4v) is 4.88. The summed E-state index contributed by atoms with van der Waals surface area (Å²) in [5.41, 5.74) is 1.04. The number of amides is 2. The first-order valence-corrected chi connectivity index (χ1v) is 13.1. The van der Waals surface area contributed by atoms with Crippen molar-refractivity contribution < 1.29 is 19.1 Å². The van der Waals surface area contributed by atoms with E-state index in [2.05, 4.69) is 10.2 Å². The van der Waals surface area contributed by atoms with Gasteiger partial charge in [0.25, 0.3) is 0 Å². The Morgan fingerprint density at radius 1 is 1.00 bits per heavy atom. The van der Waals surface area contributed by atoms with Gasteiger partial charge >= 0.3 is 6.09 Å². The molecule has 1 N–H and O–H groups in total. The van der Waals surface area contributed by atoms with Crippen LogP contribution in [0, 0.1) is 0 Å². The lowest BCUT2D eigenvalue weighted by Gasteiger charge is -2.35. The number of nitrogens with one attached hydrogen (secondary N) is 1. The number of benzene rings is 2. The molecular weight excluding hydrogens is 501 g/mol. The maximum Gasteiger partial charge on any atom is 0.410 e. The van der Waals surface area contributed by atoms with Gasteiger partial charge in [-0.1, -0.05) is 23.2 Å². The maximum absolute atomic E-state index is 13.1. The summed E-state index contributed by atoms with van der Waals surface area (Å²) in [5.74, 6) is 0.324. The first-order valence-electron chi connectivity index (χ1n) is 12.4. The Morgan fingerprint density at radius 2 is 1.75 bits per heavy atom. The molecular formula is C27H33Cl2N3O4. The van der Waals surface area contributed by atoms with E-state index in [0.717, 1.165) is 38.0 Å². The molecule has 2 atom stereocenters. The molecule has 7 nitrogen and oxygen atoms in total. The van der Waals surface area contributed by atoms with E-state index in [9.17, 15) is 9.59 Å². The summed E-state index contributed by atoms with van der Waals surface area (Å²) in [4.78, 5) is 29.5. The van der Waals surface area contributed by atoms with E-state index in [1.807, 2.05) is 45.0 Å². The molecule has 0 aliphatic carbocycles. The highest BCUT2D eigenvalue weighted by atomic mass is 35.5. The van der Waals surface area contributed by atoms with Crippen LogP contribution in [0.25, 0.3) is 0 Å². The van der Waals surface area contributed by atoms with Crippen molar-refractivity contribution in [2.45, 2.75) is 64.2 Å². The molecule has 0 saturated carbocycles. The third kappa shape index (κ3) is 6.77. The molecule has 2 amide bonds. The average molecular weight is 534 g/mol. The molecule has 2 aromatic carbocycles. The second-order valence-electron chi connectivity index (χ2n) is 10.3. The van der Waals surface area contributed by atoms with Crippen LogP contribution in [0.2, 0.25) is 10.0 Å². The van der Waals surface area contributed by atoms with Crippen LogP contribution in [0.3, 0.4) is 0 Å². The van der Waals surface area contributed by atoms with Crippen molar-refractivity contribution in [3.8, 4) is 5.75 Å². The van der Waals surface area contributed by atoms with Crippen LogP contribution in [0.1, 0.15) is 46.5 Å². The minimum Gasteiger partial charge on any atom is -0.487 e. The smallest absolute Gasteiger partial charge is 0.410 e. The number of hydrogen-bond donors (Lipinski definition) is 1. The lowest BCUT2D eigenvalue weighted by atomic mass is 10.0. The zero-order chi connectivity index (χ0) is 25.9. The van der Waals surface area contributed by atoms with Gasteiger partial charge in [0.05, 0.1) is 11.6 Å². The van der Waals surface area contributed by atoms with Crippen molar-refractivity contribution in [1.82, 2.24) is 4.90 Å². The van der Waals surface area contributed by atoms with Crippen molar-refractivity contribution >= 4 is 46.6 Å².